The molecule has 0 radical (unpaired) electrons. The molecular weight excluding hydrogens is 298 g/mol. The average molecular weight is 313 g/mol. The highest BCUT2D eigenvalue weighted by Gasteiger charge is 2.05. The molecule has 23 heavy (non-hydrogen) atoms. The molecule has 110 valence electrons. The highest BCUT2D eigenvalue weighted by Crippen LogP contribution is 2.30. The molecule has 2 heteroatoms. The van der Waals surface area contributed by atoms with Gasteiger partial charge in [0, 0.05) is 5.56 Å². The molecule has 1 nitrogen and oxygen atoms in total. The van der Waals surface area contributed by atoms with Crippen molar-refractivity contribution in [1.29, 1.82) is 0 Å². The molecule has 1 aromatic heterocycles. The maximum Gasteiger partial charge on any atom is 0.124 e. The van der Waals surface area contributed by atoms with E-state index < -0.39 is 0 Å². The Kier molecular flexibility index (Phi) is 3.75. The third kappa shape index (κ3) is 3.08. The van der Waals surface area contributed by atoms with Crippen molar-refractivity contribution in [2.45, 2.75) is 0 Å². The second kappa shape index (κ2) is 6.19. The predicted octanol–water partition coefficient (Wildman–Crippen LogP) is 6.13. The normalized spacial score (nSPS) is 11.3. The summed E-state index contributed by atoms with van der Waals surface area (Å²) in [5, 5.41) is 1.07. The summed E-state index contributed by atoms with van der Waals surface area (Å²) in [5.41, 5.74) is 4.63. The lowest BCUT2D eigenvalue weighted by Crippen LogP contribution is -1.78. The van der Waals surface area contributed by atoms with Gasteiger partial charge in [0.15, 0.2) is 0 Å². The summed E-state index contributed by atoms with van der Waals surface area (Å²) in [6, 6.07) is 27.1. The van der Waals surface area contributed by atoms with Crippen molar-refractivity contribution in [3.63, 3.8) is 0 Å². The Morgan fingerprint density at radius 3 is 2.30 bits per heavy atom. The van der Waals surface area contributed by atoms with E-state index in [-0.39, 0.29) is 0 Å². The summed E-state index contributed by atoms with van der Waals surface area (Å²) in [7, 11) is 0. The van der Waals surface area contributed by atoms with Gasteiger partial charge in [0.05, 0.1) is 10.2 Å². The van der Waals surface area contributed by atoms with Crippen molar-refractivity contribution in [1.82, 2.24) is 4.98 Å². The van der Waals surface area contributed by atoms with Crippen molar-refractivity contribution < 1.29 is 0 Å². The lowest BCUT2D eigenvalue weighted by molar-refractivity contribution is 1.47. The number of thiazole rings is 1. The van der Waals surface area contributed by atoms with E-state index in [0.29, 0.717) is 0 Å². The summed E-state index contributed by atoms with van der Waals surface area (Å²) in [6.07, 6.45) is 4.28. The molecule has 4 rings (SSSR count). The molecule has 0 amide bonds. The first-order chi connectivity index (χ1) is 11.4. The third-order valence-electron chi connectivity index (χ3n) is 3.70. The van der Waals surface area contributed by atoms with Gasteiger partial charge < -0.3 is 0 Å². The summed E-state index contributed by atoms with van der Waals surface area (Å²) in [5.74, 6) is 0. The topological polar surface area (TPSA) is 12.9 Å². The zero-order valence-corrected chi connectivity index (χ0v) is 13.3. The minimum absolute atomic E-state index is 1.07. The Labute approximate surface area is 139 Å². The van der Waals surface area contributed by atoms with Crippen LogP contribution in [0.15, 0.2) is 78.9 Å². The van der Waals surface area contributed by atoms with E-state index in [1.54, 1.807) is 11.3 Å². The molecule has 0 spiro atoms. The van der Waals surface area contributed by atoms with Gasteiger partial charge in [-0.25, -0.2) is 4.98 Å². The van der Waals surface area contributed by atoms with Gasteiger partial charge in [0.1, 0.15) is 5.01 Å². The van der Waals surface area contributed by atoms with E-state index in [9.17, 15) is 0 Å². The molecule has 0 aliphatic heterocycles. The van der Waals surface area contributed by atoms with E-state index >= 15 is 0 Å². The molecule has 0 unspecified atom stereocenters. The maximum atomic E-state index is 4.74. The van der Waals surface area contributed by atoms with Crippen LogP contribution in [0.3, 0.4) is 0 Å². The third-order valence-corrected chi connectivity index (χ3v) is 4.78. The van der Waals surface area contributed by atoms with Crippen LogP contribution in [0.1, 0.15) is 11.1 Å². The Balaban J connectivity index is 1.67. The van der Waals surface area contributed by atoms with Gasteiger partial charge in [0.2, 0.25) is 0 Å². The second-order valence-corrected chi connectivity index (χ2v) is 6.39. The fourth-order valence-electron chi connectivity index (χ4n) is 2.53. The first-order valence-corrected chi connectivity index (χ1v) is 8.39. The first kappa shape index (κ1) is 13.9. The molecule has 0 atom stereocenters. The molecule has 0 N–H and O–H groups in total. The number of fused-ring (bicyclic) bond motifs is 1. The van der Waals surface area contributed by atoms with Crippen LogP contribution in [0, 0.1) is 0 Å². The first-order valence-electron chi connectivity index (χ1n) is 7.58. The van der Waals surface area contributed by atoms with Crippen LogP contribution in [-0.2, 0) is 0 Å². The Morgan fingerprint density at radius 1 is 0.696 bits per heavy atom. The number of hydrogen-bond donors (Lipinski definition) is 0. The van der Waals surface area contributed by atoms with Gasteiger partial charge in [-0.1, -0.05) is 72.8 Å². The van der Waals surface area contributed by atoms with Gasteiger partial charge in [-0.05, 0) is 29.3 Å². The van der Waals surface area contributed by atoms with Crippen molar-refractivity contribution in [3.8, 4) is 10.6 Å². The van der Waals surface area contributed by atoms with Gasteiger partial charge in [0.25, 0.3) is 0 Å². The zero-order valence-electron chi connectivity index (χ0n) is 12.5. The Morgan fingerprint density at radius 2 is 1.43 bits per heavy atom. The lowest BCUT2D eigenvalue weighted by atomic mass is 10.1. The number of para-hydroxylation sites is 1. The number of hydrogen-bond acceptors (Lipinski definition) is 2. The average Bonchev–Trinajstić information content (AvgIpc) is 3.05. The van der Waals surface area contributed by atoms with E-state index in [1.165, 1.54) is 21.4 Å². The van der Waals surface area contributed by atoms with E-state index in [0.717, 1.165) is 10.5 Å². The molecule has 0 bridgehead atoms. The molecule has 0 saturated carbocycles. The Bertz CT molecular complexity index is 934. The maximum absolute atomic E-state index is 4.74. The van der Waals surface area contributed by atoms with E-state index in [1.807, 2.05) is 12.1 Å². The standard InChI is InChI=1S/C21H15NS/c1-2-7-16(8-3-1)13-14-17-9-6-10-18(15-17)21-22-19-11-4-5-12-20(19)23-21/h1-15H. The number of aromatic nitrogens is 1. The molecule has 0 aliphatic rings. The lowest BCUT2D eigenvalue weighted by Gasteiger charge is -1.99. The van der Waals surface area contributed by atoms with Crippen molar-refractivity contribution in [2.75, 3.05) is 0 Å². The summed E-state index contributed by atoms with van der Waals surface area (Å²) >= 11 is 1.74. The Hall–Kier alpha value is -2.71. The van der Waals surface area contributed by atoms with Crippen LogP contribution in [0.4, 0.5) is 0 Å². The summed E-state index contributed by atoms with van der Waals surface area (Å²) in [6.45, 7) is 0. The van der Waals surface area contributed by atoms with Crippen molar-refractivity contribution in [3.05, 3.63) is 90.0 Å². The highest BCUT2D eigenvalue weighted by atomic mass is 32.1. The molecule has 0 aliphatic carbocycles. The SMILES string of the molecule is C(=Cc1cccc(-c2nc3ccccc3s2)c1)c1ccccc1. The van der Waals surface area contributed by atoms with Crippen LogP contribution in [-0.4, -0.2) is 4.98 Å². The number of rotatable bonds is 3. The van der Waals surface area contributed by atoms with Gasteiger partial charge >= 0.3 is 0 Å². The van der Waals surface area contributed by atoms with E-state index in [2.05, 4.69) is 78.9 Å². The van der Waals surface area contributed by atoms with Crippen LogP contribution in [0.25, 0.3) is 32.9 Å². The molecule has 0 fully saturated rings. The summed E-state index contributed by atoms with van der Waals surface area (Å²) < 4.78 is 1.23. The van der Waals surface area contributed by atoms with Crippen LogP contribution in [0.2, 0.25) is 0 Å². The number of nitrogens with zero attached hydrogens (tertiary/aromatic N) is 1. The van der Waals surface area contributed by atoms with Gasteiger partial charge in [-0.15, -0.1) is 11.3 Å². The molecular formula is C21H15NS. The minimum Gasteiger partial charge on any atom is -0.236 e. The van der Waals surface area contributed by atoms with Crippen LogP contribution < -0.4 is 0 Å². The molecule has 3 aromatic carbocycles. The quantitative estimate of drug-likeness (QED) is 0.414. The second-order valence-electron chi connectivity index (χ2n) is 5.36. The molecule has 1 heterocycles. The van der Waals surface area contributed by atoms with E-state index in [4.69, 9.17) is 4.98 Å². The van der Waals surface area contributed by atoms with Crippen LogP contribution in [0.5, 0.6) is 0 Å². The van der Waals surface area contributed by atoms with Crippen molar-refractivity contribution in [2.24, 2.45) is 0 Å². The van der Waals surface area contributed by atoms with Gasteiger partial charge in [-0.3, -0.25) is 0 Å². The largest absolute Gasteiger partial charge is 0.236 e. The molecule has 4 aromatic rings. The minimum atomic E-state index is 1.07. The predicted molar refractivity (Wildman–Crippen MR) is 100 cm³/mol. The smallest absolute Gasteiger partial charge is 0.124 e. The monoisotopic (exact) mass is 313 g/mol. The van der Waals surface area contributed by atoms with Gasteiger partial charge in [-0.2, -0.15) is 0 Å². The fourth-order valence-corrected chi connectivity index (χ4v) is 3.49. The number of benzene rings is 3. The zero-order chi connectivity index (χ0) is 15.5. The highest BCUT2D eigenvalue weighted by molar-refractivity contribution is 7.21. The summed E-state index contributed by atoms with van der Waals surface area (Å²) in [4.78, 5) is 4.74. The van der Waals surface area contributed by atoms with Crippen molar-refractivity contribution >= 4 is 33.7 Å². The van der Waals surface area contributed by atoms with Crippen LogP contribution >= 0.6 is 11.3 Å². The fraction of sp³-hybridized carbons (Fsp3) is 0. The molecule has 0 saturated heterocycles.